The quantitative estimate of drug-likeness (QED) is 0.787. The minimum Gasteiger partial charge on any atom is -0.349 e. The number of rotatable bonds is 5. The monoisotopic (exact) mass is 427 g/mol. The standard InChI is InChI=1S/C17H18BrNO3S2/c18-15-8-9-17(23-15)24(21,22)11-10-16(20)19-14-7-3-5-12-4-1-2-6-13(12)14/h1-2,4,6,8-9,14H,3,5,7,10-11H2,(H,19,20). The van der Waals surface area contributed by atoms with Crippen LogP contribution in [0.2, 0.25) is 0 Å². The van der Waals surface area contributed by atoms with Gasteiger partial charge >= 0.3 is 0 Å². The van der Waals surface area contributed by atoms with Crippen molar-refractivity contribution in [2.75, 3.05) is 5.75 Å². The van der Waals surface area contributed by atoms with Gasteiger partial charge in [0.25, 0.3) is 0 Å². The lowest BCUT2D eigenvalue weighted by Gasteiger charge is -2.26. The molecule has 0 radical (unpaired) electrons. The summed E-state index contributed by atoms with van der Waals surface area (Å²) in [7, 11) is -3.41. The molecule has 0 bridgehead atoms. The van der Waals surface area contributed by atoms with E-state index in [9.17, 15) is 13.2 Å². The number of amides is 1. The van der Waals surface area contributed by atoms with Crippen molar-refractivity contribution in [2.24, 2.45) is 0 Å². The first kappa shape index (κ1) is 17.6. The molecule has 1 atom stereocenters. The molecule has 1 amide bonds. The van der Waals surface area contributed by atoms with Crippen LogP contribution in [-0.4, -0.2) is 20.1 Å². The zero-order valence-electron chi connectivity index (χ0n) is 13.0. The molecule has 1 aliphatic rings. The first-order chi connectivity index (χ1) is 11.5. The van der Waals surface area contributed by atoms with Crippen molar-refractivity contribution in [1.82, 2.24) is 5.32 Å². The zero-order valence-corrected chi connectivity index (χ0v) is 16.2. The molecule has 24 heavy (non-hydrogen) atoms. The molecular weight excluding hydrogens is 410 g/mol. The molecule has 0 saturated carbocycles. The number of sulfone groups is 1. The average Bonchev–Trinajstić information content (AvgIpc) is 3.01. The summed E-state index contributed by atoms with van der Waals surface area (Å²) in [6, 6.07) is 11.4. The fourth-order valence-corrected chi connectivity index (χ4v) is 6.36. The third-order valence-electron chi connectivity index (χ3n) is 4.16. The molecule has 1 aromatic carbocycles. The molecule has 1 heterocycles. The van der Waals surface area contributed by atoms with Gasteiger partial charge in [-0.3, -0.25) is 4.79 Å². The maximum Gasteiger partial charge on any atom is 0.221 e. The van der Waals surface area contributed by atoms with Crippen LogP contribution in [0.25, 0.3) is 0 Å². The molecule has 0 fully saturated rings. The number of thiophene rings is 1. The Hall–Kier alpha value is -1.18. The summed E-state index contributed by atoms with van der Waals surface area (Å²) >= 11 is 4.43. The van der Waals surface area contributed by atoms with E-state index < -0.39 is 9.84 Å². The van der Waals surface area contributed by atoms with E-state index in [4.69, 9.17) is 0 Å². The number of hydrogen-bond acceptors (Lipinski definition) is 4. The maximum absolute atomic E-state index is 12.3. The van der Waals surface area contributed by atoms with E-state index >= 15 is 0 Å². The third-order valence-corrected chi connectivity index (χ3v) is 8.08. The van der Waals surface area contributed by atoms with Crippen LogP contribution in [0.3, 0.4) is 0 Å². The van der Waals surface area contributed by atoms with Crippen LogP contribution in [0.1, 0.15) is 36.4 Å². The van der Waals surface area contributed by atoms with Crippen LogP contribution in [0.15, 0.2) is 44.4 Å². The van der Waals surface area contributed by atoms with Crippen molar-refractivity contribution in [1.29, 1.82) is 0 Å². The van der Waals surface area contributed by atoms with Crippen LogP contribution in [-0.2, 0) is 21.1 Å². The second-order valence-corrected chi connectivity index (χ2v) is 10.6. The van der Waals surface area contributed by atoms with E-state index in [-0.39, 0.29) is 24.1 Å². The molecular formula is C17H18BrNO3S2. The van der Waals surface area contributed by atoms with Crippen molar-refractivity contribution in [3.05, 3.63) is 51.3 Å². The Balaban J connectivity index is 1.61. The molecule has 0 saturated heterocycles. The van der Waals surface area contributed by atoms with Gasteiger partial charge in [-0.15, -0.1) is 11.3 Å². The van der Waals surface area contributed by atoms with Crippen LogP contribution in [0, 0.1) is 0 Å². The summed E-state index contributed by atoms with van der Waals surface area (Å²) in [5, 5.41) is 3.00. The predicted molar refractivity (Wildman–Crippen MR) is 99.0 cm³/mol. The second kappa shape index (κ2) is 7.37. The third kappa shape index (κ3) is 4.07. The number of aryl methyl sites for hydroxylation is 1. The Morgan fingerprint density at radius 3 is 2.79 bits per heavy atom. The highest BCUT2D eigenvalue weighted by atomic mass is 79.9. The Kier molecular flexibility index (Phi) is 5.42. The van der Waals surface area contributed by atoms with Crippen LogP contribution < -0.4 is 5.32 Å². The topological polar surface area (TPSA) is 63.2 Å². The van der Waals surface area contributed by atoms with Gasteiger partial charge in [-0.05, 0) is 58.5 Å². The lowest BCUT2D eigenvalue weighted by molar-refractivity contribution is -0.121. The fraction of sp³-hybridized carbons (Fsp3) is 0.353. The Morgan fingerprint density at radius 2 is 2.04 bits per heavy atom. The summed E-state index contributed by atoms with van der Waals surface area (Å²) in [5.74, 6) is -0.379. The minimum atomic E-state index is -3.41. The predicted octanol–water partition coefficient (Wildman–Crippen LogP) is 3.87. The molecule has 4 nitrogen and oxygen atoms in total. The van der Waals surface area contributed by atoms with E-state index in [0.29, 0.717) is 4.21 Å². The van der Waals surface area contributed by atoms with Gasteiger partial charge in [-0.25, -0.2) is 8.42 Å². The summed E-state index contributed by atoms with van der Waals surface area (Å²) in [5.41, 5.74) is 2.42. The summed E-state index contributed by atoms with van der Waals surface area (Å²) in [6.45, 7) is 0. The van der Waals surface area contributed by atoms with Crippen LogP contribution in [0.5, 0.6) is 0 Å². The van der Waals surface area contributed by atoms with Gasteiger partial charge in [0, 0.05) is 6.42 Å². The lowest BCUT2D eigenvalue weighted by Crippen LogP contribution is -2.32. The second-order valence-electron chi connectivity index (χ2n) is 5.84. The van der Waals surface area contributed by atoms with E-state index in [1.54, 1.807) is 12.1 Å². The van der Waals surface area contributed by atoms with E-state index in [2.05, 4.69) is 27.3 Å². The van der Waals surface area contributed by atoms with Gasteiger partial charge in [0.1, 0.15) is 4.21 Å². The summed E-state index contributed by atoms with van der Waals surface area (Å²) in [6.07, 6.45) is 2.94. The van der Waals surface area contributed by atoms with Crippen molar-refractivity contribution >= 4 is 43.0 Å². The van der Waals surface area contributed by atoms with Crippen LogP contribution in [0.4, 0.5) is 0 Å². The molecule has 2 aromatic rings. The number of carbonyl (C=O) groups is 1. The van der Waals surface area contributed by atoms with Gasteiger partial charge < -0.3 is 5.32 Å². The smallest absolute Gasteiger partial charge is 0.221 e. The maximum atomic E-state index is 12.3. The molecule has 7 heteroatoms. The van der Waals surface area contributed by atoms with Crippen molar-refractivity contribution < 1.29 is 13.2 Å². The molecule has 0 aliphatic heterocycles. The van der Waals surface area contributed by atoms with Crippen molar-refractivity contribution in [2.45, 2.75) is 35.9 Å². The number of nitrogens with one attached hydrogen (secondary N) is 1. The van der Waals surface area contributed by atoms with Gasteiger partial charge in [0.2, 0.25) is 5.91 Å². The van der Waals surface area contributed by atoms with Crippen LogP contribution >= 0.6 is 27.3 Å². The Labute approximate surface area is 154 Å². The average molecular weight is 428 g/mol. The van der Waals surface area contributed by atoms with E-state index in [1.165, 1.54) is 16.9 Å². The SMILES string of the molecule is O=C(CCS(=O)(=O)c1ccc(Br)s1)NC1CCCc2ccccc21. The van der Waals surface area contributed by atoms with Crippen molar-refractivity contribution in [3.63, 3.8) is 0 Å². The first-order valence-electron chi connectivity index (χ1n) is 7.81. The van der Waals surface area contributed by atoms with Gasteiger partial charge in [0.15, 0.2) is 9.84 Å². The van der Waals surface area contributed by atoms with E-state index in [0.717, 1.165) is 28.6 Å². The van der Waals surface area contributed by atoms with Gasteiger partial charge in [-0.1, -0.05) is 24.3 Å². The highest BCUT2D eigenvalue weighted by Gasteiger charge is 2.23. The minimum absolute atomic E-state index is 0.0129. The number of carbonyl (C=O) groups excluding carboxylic acids is 1. The lowest BCUT2D eigenvalue weighted by atomic mass is 9.88. The molecule has 1 aliphatic carbocycles. The molecule has 1 N–H and O–H groups in total. The number of fused-ring (bicyclic) bond motifs is 1. The van der Waals surface area contributed by atoms with Crippen molar-refractivity contribution in [3.8, 4) is 0 Å². The fourth-order valence-electron chi connectivity index (χ4n) is 2.96. The molecule has 3 rings (SSSR count). The molecule has 0 spiro atoms. The first-order valence-corrected chi connectivity index (χ1v) is 11.1. The number of halogens is 1. The van der Waals surface area contributed by atoms with Gasteiger partial charge in [0.05, 0.1) is 15.6 Å². The highest BCUT2D eigenvalue weighted by Crippen LogP contribution is 2.30. The van der Waals surface area contributed by atoms with Gasteiger partial charge in [-0.2, -0.15) is 0 Å². The molecule has 1 unspecified atom stereocenters. The highest BCUT2D eigenvalue weighted by molar-refractivity contribution is 9.11. The molecule has 128 valence electrons. The van der Waals surface area contributed by atoms with E-state index in [1.807, 2.05) is 18.2 Å². The summed E-state index contributed by atoms with van der Waals surface area (Å²) < 4.78 is 25.6. The number of hydrogen-bond donors (Lipinski definition) is 1. The Bertz CT molecular complexity index is 845. The normalized spacial score (nSPS) is 17.3. The molecule has 1 aromatic heterocycles. The zero-order chi connectivity index (χ0) is 17.2. The Morgan fingerprint density at radius 1 is 1.25 bits per heavy atom. The summed E-state index contributed by atoms with van der Waals surface area (Å²) in [4.78, 5) is 12.2. The number of benzene rings is 1. The largest absolute Gasteiger partial charge is 0.349 e.